The van der Waals surface area contributed by atoms with Gasteiger partial charge >= 0.3 is 5.97 Å². The molecule has 0 spiro atoms. The second-order valence-electron chi connectivity index (χ2n) is 24.6. The summed E-state index contributed by atoms with van der Waals surface area (Å²) < 4.78 is 5.50. The van der Waals surface area contributed by atoms with Gasteiger partial charge in [-0.2, -0.15) is 0 Å². The highest BCUT2D eigenvalue weighted by Crippen LogP contribution is 2.19. The lowest BCUT2D eigenvalue weighted by molar-refractivity contribution is -0.143. The summed E-state index contributed by atoms with van der Waals surface area (Å²) in [6, 6.07) is -0.628. The molecule has 0 radical (unpaired) electrons. The van der Waals surface area contributed by atoms with Crippen LogP contribution in [-0.2, 0) is 14.3 Å². The fourth-order valence-electron chi connectivity index (χ4n) is 11.2. The Labute approximate surface area is 494 Å². The van der Waals surface area contributed by atoms with Crippen molar-refractivity contribution in [2.45, 2.75) is 405 Å². The van der Waals surface area contributed by atoms with Gasteiger partial charge in [0.2, 0.25) is 5.91 Å². The van der Waals surface area contributed by atoms with E-state index in [9.17, 15) is 19.8 Å². The van der Waals surface area contributed by atoms with Gasteiger partial charge in [0.15, 0.2) is 0 Å². The van der Waals surface area contributed by atoms with Crippen molar-refractivity contribution in [3.05, 3.63) is 36.5 Å². The predicted octanol–water partition coefficient (Wildman–Crippen LogP) is 23.1. The smallest absolute Gasteiger partial charge is 0.305 e. The number of hydrogen-bond donors (Lipinski definition) is 3. The number of carbonyl (C=O) groups is 2. The standard InChI is InChI=1S/C73H139NO5/c1-3-5-7-9-11-13-15-17-19-21-23-30-33-37-41-45-49-53-57-61-65-71(76)70(69-75)74-72(77)66-62-58-54-50-46-42-38-34-31-28-26-24-25-27-29-32-36-40-44-48-52-56-60-64-68-79-73(78)67-63-59-55-51-47-43-39-35-22-20-18-16-14-12-10-8-6-4-2/h14,16,20,22,61,65,70-71,75-76H,3-13,15,17-19,21,23-60,62-64,66-69H2,1-2H3,(H,74,77)/b16-14-,22-20-,65-61+. The van der Waals surface area contributed by atoms with E-state index >= 15 is 0 Å². The number of esters is 1. The molecule has 0 fully saturated rings. The van der Waals surface area contributed by atoms with Crippen LogP contribution in [0.2, 0.25) is 0 Å². The molecular formula is C73H139NO5. The van der Waals surface area contributed by atoms with Crippen LogP contribution in [0.5, 0.6) is 0 Å². The summed E-state index contributed by atoms with van der Waals surface area (Å²) in [7, 11) is 0. The first-order chi connectivity index (χ1) is 39.0. The lowest BCUT2D eigenvalue weighted by Crippen LogP contribution is -2.45. The summed E-state index contributed by atoms with van der Waals surface area (Å²) in [4.78, 5) is 24.6. The number of aliphatic hydroxyl groups is 2. The molecule has 2 unspecified atom stereocenters. The Hall–Kier alpha value is -1.92. The molecule has 0 saturated heterocycles. The maximum Gasteiger partial charge on any atom is 0.305 e. The van der Waals surface area contributed by atoms with E-state index in [1.165, 1.54) is 315 Å². The first kappa shape index (κ1) is 77.1. The molecule has 0 saturated carbocycles. The van der Waals surface area contributed by atoms with Crippen molar-refractivity contribution in [3.63, 3.8) is 0 Å². The van der Waals surface area contributed by atoms with Crippen molar-refractivity contribution >= 4 is 11.9 Å². The fraction of sp³-hybridized carbons (Fsp3) is 0.890. The molecule has 0 aliphatic rings. The van der Waals surface area contributed by atoms with Crippen LogP contribution >= 0.6 is 0 Å². The van der Waals surface area contributed by atoms with Crippen molar-refractivity contribution in [2.24, 2.45) is 0 Å². The van der Waals surface area contributed by atoms with Gasteiger partial charge in [-0.3, -0.25) is 9.59 Å². The lowest BCUT2D eigenvalue weighted by atomic mass is 10.0. The molecule has 1 amide bonds. The quantitative estimate of drug-likeness (QED) is 0.0320. The average Bonchev–Trinajstić information content (AvgIpc) is 3.45. The summed E-state index contributed by atoms with van der Waals surface area (Å²) in [6.45, 7) is 4.92. The van der Waals surface area contributed by atoms with Crippen LogP contribution in [0.25, 0.3) is 0 Å². The third-order valence-electron chi connectivity index (χ3n) is 16.7. The van der Waals surface area contributed by atoms with Crippen molar-refractivity contribution in [1.29, 1.82) is 0 Å². The Morgan fingerprint density at radius 1 is 0.354 bits per heavy atom. The van der Waals surface area contributed by atoms with Gasteiger partial charge in [0.25, 0.3) is 0 Å². The van der Waals surface area contributed by atoms with Crippen LogP contribution in [0.4, 0.5) is 0 Å². The minimum Gasteiger partial charge on any atom is -0.466 e. The van der Waals surface area contributed by atoms with E-state index in [2.05, 4.69) is 43.5 Å². The highest BCUT2D eigenvalue weighted by molar-refractivity contribution is 5.76. The number of aliphatic hydroxyl groups excluding tert-OH is 2. The Morgan fingerprint density at radius 2 is 0.633 bits per heavy atom. The van der Waals surface area contributed by atoms with E-state index in [0.29, 0.717) is 19.4 Å². The molecule has 3 N–H and O–H groups in total. The maximum absolute atomic E-state index is 12.5. The maximum atomic E-state index is 12.5. The van der Waals surface area contributed by atoms with Crippen molar-refractivity contribution < 1.29 is 24.5 Å². The van der Waals surface area contributed by atoms with Gasteiger partial charge < -0.3 is 20.3 Å². The first-order valence-electron chi connectivity index (χ1n) is 35.8. The molecule has 0 aromatic heterocycles. The van der Waals surface area contributed by atoms with Crippen LogP contribution in [0.1, 0.15) is 393 Å². The molecule has 0 rings (SSSR count). The zero-order valence-electron chi connectivity index (χ0n) is 53.4. The molecule has 0 heterocycles. The minimum atomic E-state index is -0.845. The second-order valence-corrected chi connectivity index (χ2v) is 24.6. The van der Waals surface area contributed by atoms with E-state index in [-0.39, 0.29) is 18.5 Å². The fourth-order valence-corrected chi connectivity index (χ4v) is 11.2. The van der Waals surface area contributed by atoms with Gasteiger partial charge in [0.05, 0.1) is 25.4 Å². The van der Waals surface area contributed by atoms with Gasteiger partial charge in [-0.15, -0.1) is 0 Å². The minimum absolute atomic E-state index is 0.00823. The van der Waals surface area contributed by atoms with Gasteiger partial charge in [0.1, 0.15) is 0 Å². The molecule has 79 heavy (non-hydrogen) atoms. The summed E-state index contributed by atoms with van der Waals surface area (Å²) >= 11 is 0. The summed E-state index contributed by atoms with van der Waals surface area (Å²) in [6.07, 6.45) is 87.9. The third-order valence-corrected chi connectivity index (χ3v) is 16.7. The summed E-state index contributed by atoms with van der Waals surface area (Å²) in [5, 5.41) is 23.2. The number of hydrogen-bond acceptors (Lipinski definition) is 5. The van der Waals surface area contributed by atoms with Crippen molar-refractivity contribution in [3.8, 4) is 0 Å². The highest BCUT2D eigenvalue weighted by Gasteiger charge is 2.18. The van der Waals surface area contributed by atoms with Crippen LogP contribution in [-0.4, -0.2) is 47.4 Å². The number of unbranched alkanes of at least 4 members (excludes halogenated alkanes) is 52. The largest absolute Gasteiger partial charge is 0.466 e. The van der Waals surface area contributed by atoms with E-state index < -0.39 is 12.1 Å². The van der Waals surface area contributed by atoms with E-state index in [1.807, 2.05) is 6.08 Å². The van der Waals surface area contributed by atoms with Crippen LogP contribution in [0.3, 0.4) is 0 Å². The predicted molar refractivity (Wildman–Crippen MR) is 347 cm³/mol. The first-order valence-corrected chi connectivity index (χ1v) is 35.8. The second kappa shape index (κ2) is 68.6. The molecule has 0 aliphatic heterocycles. The molecule has 2 atom stereocenters. The zero-order valence-corrected chi connectivity index (χ0v) is 53.4. The van der Waals surface area contributed by atoms with Crippen LogP contribution in [0.15, 0.2) is 36.5 Å². The molecule has 0 aliphatic carbocycles. The van der Waals surface area contributed by atoms with Crippen LogP contribution in [0, 0.1) is 0 Å². The van der Waals surface area contributed by atoms with Gasteiger partial charge in [-0.25, -0.2) is 0 Å². The normalized spacial score (nSPS) is 12.7. The summed E-state index contributed by atoms with van der Waals surface area (Å²) in [5.74, 6) is -0.0551. The molecule has 6 nitrogen and oxygen atoms in total. The zero-order chi connectivity index (χ0) is 57.1. The van der Waals surface area contributed by atoms with Gasteiger partial charge in [0, 0.05) is 12.8 Å². The average molecular weight is 1110 g/mol. The third kappa shape index (κ3) is 65.1. The van der Waals surface area contributed by atoms with Gasteiger partial charge in [-0.05, 0) is 64.2 Å². The van der Waals surface area contributed by atoms with E-state index in [4.69, 9.17) is 4.74 Å². The number of nitrogens with one attached hydrogen (secondary N) is 1. The topological polar surface area (TPSA) is 95.9 Å². The van der Waals surface area contributed by atoms with E-state index in [1.54, 1.807) is 6.08 Å². The monoisotopic (exact) mass is 1110 g/mol. The van der Waals surface area contributed by atoms with Crippen molar-refractivity contribution in [2.75, 3.05) is 13.2 Å². The molecule has 0 aromatic rings. The number of allylic oxidation sites excluding steroid dienone is 5. The van der Waals surface area contributed by atoms with Crippen LogP contribution < -0.4 is 5.32 Å². The molecule has 466 valence electrons. The lowest BCUT2D eigenvalue weighted by Gasteiger charge is -2.20. The van der Waals surface area contributed by atoms with E-state index in [0.717, 1.165) is 51.4 Å². The molecule has 6 heteroatoms. The Balaban J connectivity index is 3.39. The summed E-state index contributed by atoms with van der Waals surface area (Å²) in [5.41, 5.74) is 0. The molecule has 0 aromatic carbocycles. The number of amides is 1. The number of carbonyl (C=O) groups excluding carboxylic acids is 2. The molecular weight excluding hydrogens is 971 g/mol. The Morgan fingerprint density at radius 3 is 0.975 bits per heavy atom. The number of ether oxygens (including phenoxy) is 1. The molecule has 0 bridgehead atoms. The Bertz CT molecular complexity index is 1280. The SMILES string of the molecule is CCCCCC/C=C\C/C=C\CCCCCCCCCC(=O)OCCCCCCCCCCCCCCCCCCCCCCCCCCC(=O)NC(CO)C(O)/C=C/CCCCCCCCCCCCCCCCCCCC. The highest BCUT2D eigenvalue weighted by atomic mass is 16.5. The Kier molecular flexibility index (Phi) is 66.9. The van der Waals surface area contributed by atoms with Crippen molar-refractivity contribution in [1.82, 2.24) is 5.32 Å². The van der Waals surface area contributed by atoms with Gasteiger partial charge in [-0.1, -0.05) is 352 Å². The number of rotatable bonds is 67.